The third-order valence-electron chi connectivity index (χ3n) is 5.52. The highest BCUT2D eigenvalue weighted by atomic mass is 19.1. The summed E-state index contributed by atoms with van der Waals surface area (Å²) in [4.78, 5) is 16.1. The van der Waals surface area contributed by atoms with Gasteiger partial charge in [-0.25, -0.2) is 4.98 Å². The van der Waals surface area contributed by atoms with E-state index >= 15 is 0 Å². The lowest BCUT2D eigenvalue weighted by atomic mass is 9.51. The van der Waals surface area contributed by atoms with Crippen LogP contribution in [0.15, 0.2) is 18.3 Å². The predicted molar refractivity (Wildman–Crippen MR) is 73.4 cm³/mol. The van der Waals surface area contributed by atoms with Crippen LogP contribution in [-0.2, 0) is 4.79 Å². The van der Waals surface area contributed by atoms with E-state index in [0.717, 1.165) is 11.8 Å². The fourth-order valence-corrected chi connectivity index (χ4v) is 5.03. The summed E-state index contributed by atoms with van der Waals surface area (Å²) in [6.07, 6.45) is 7.70. The molecule has 0 aromatic carbocycles. The standard InChI is InChI=1S/C16H19FN2O/c17-14-2-1-13(8-18-14)19-16(20)15-11-4-9-3-10(6-11)7-12(15)5-9/h1-2,8-12,15H,3-7H2,(H,19,20). The van der Waals surface area contributed by atoms with E-state index in [1.807, 2.05) is 0 Å². The van der Waals surface area contributed by atoms with Gasteiger partial charge in [-0.1, -0.05) is 0 Å². The van der Waals surface area contributed by atoms with Crippen molar-refractivity contribution in [2.75, 3.05) is 5.32 Å². The highest BCUT2D eigenvalue weighted by molar-refractivity contribution is 5.93. The molecule has 4 fully saturated rings. The molecule has 3 nitrogen and oxygen atoms in total. The fourth-order valence-electron chi connectivity index (χ4n) is 5.03. The van der Waals surface area contributed by atoms with Gasteiger partial charge in [-0.3, -0.25) is 4.79 Å². The Balaban J connectivity index is 1.50. The second-order valence-corrected chi connectivity index (χ2v) is 6.82. The van der Waals surface area contributed by atoms with E-state index in [1.54, 1.807) is 6.07 Å². The van der Waals surface area contributed by atoms with Crippen molar-refractivity contribution in [2.24, 2.45) is 29.6 Å². The average Bonchev–Trinajstić information content (AvgIpc) is 2.40. The van der Waals surface area contributed by atoms with Crippen molar-refractivity contribution in [3.63, 3.8) is 0 Å². The highest BCUT2D eigenvalue weighted by Crippen LogP contribution is 2.56. The van der Waals surface area contributed by atoms with Gasteiger partial charge in [0.15, 0.2) is 0 Å². The molecule has 1 N–H and O–H groups in total. The highest BCUT2D eigenvalue weighted by Gasteiger charge is 2.50. The van der Waals surface area contributed by atoms with Gasteiger partial charge in [-0.2, -0.15) is 4.39 Å². The number of nitrogens with one attached hydrogen (secondary N) is 1. The molecule has 1 heterocycles. The number of pyridine rings is 1. The minimum absolute atomic E-state index is 0.118. The number of aromatic nitrogens is 1. The zero-order valence-corrected chi connectivity index (χ0v) is 11.4. The SMILES string of the molecule is O=C(Nc1ccc(F)nc1)C1C2CC3CC(C2)CC1C3. The molecule has 4 saturated carbocycles. The molecule has 4 aliphatic carbocycles. The van der Waals surface area contributed by atoms with Crippen molar-refractivity contribution in [1.29, 1.82) is 0 Å². The number of hydrogen-bond donors (Lipinski definition) is 1. The van der Waals surface area contributed by atoms with Crippen LogP contribution >= 0.6 is 0 Å². The van der Waals surface area contributed by atoms with Gasteiger partial charge in [0.1, 0.15) is 0 Å². The van der Waals surface area contributed by atoms with Crippen LogP contribution in [-0.4, -0.2) is 10.9 Å². The van der Waals surface area contributed by atoms with E-state index < -0.39 is 5.95 Å². The Hall–Kier alpha value is -1.45. The third-order valence-corrected chi connectivity index (χ3v) is 5.52. The molecular formula is C16H19FN2O. The molecule has 5 rings (SSSR count). The van der Waals surface area contributed by atoms with Crippen molar-refractivity contribution in [2.45, 2.75) is 32.1 Å². The first-order chi connectivity index (χ1) is 9.69. The van der Waals surface area contributed by atoms with Crippen molar-refractivity contribution in [3.8, 4) is 0 Å². The van der Waals surface area contributed by atoms with Gasteiger partial charge in [-0.05, 0) is 67.9 Å². The van der Waals surface area contributed by atoms with E-state index in [4.69, 9.17) is 0 Å². The average molecular weight is 274 g/mol. The van der Waals surface area contributed by atoms with Gasteiger partial charge in [0.25, 0.3) is 0 Å². The molecule has 0 spiro atoms. The Morgan fingerprint density at radius 1 is 1.10 bits per heavy atom. The summed E-state index contributed by atoms with van der Waals surface area (Å²) in [5.41, 5.74) is 0.602. The van der Waals surface area contributed by atoms with Crippen molar-refractivity contribution in [3.05, 3.63) is 24.3 Å². The van der Waals surface area contributed by atoms with Gasteiger partial charge in [-0.15, -0.1) is 0 Å². The molecule has 106 valence electrons. The summed E-state index contributed by atoms with van der Waals surface area (Å²) in [6, 6.07) is 2.86. The van der Waals surface area contributed by atoms with E-state index in [0.29, 0.717) is 17.5 Å². The summed E-state index contributed by atoms with van der Waals surface area (Å²) in [7, 11) is 0. The van der Waals surface area contributed by atoms with Crippen LogP contribution < -0.4 is 5.32 Å². The van der Waals surface area contributed by atoms with Crippen LogP contribution in [0.4, 0.5) is 10.1 Å². The molecule has 1 amide bonds. The first-order valence-corrected chi connectivity index (χ1v) is 7.61. The fraction of sp³-hybridized carbons (Fsp3) is 0.625. The lowest BCUT2D eigenvalue weighted by Crippen LogP contribution is -2.49. The second-order valence-electron chi connectivity index (χ2n) is 6.82. The third kappa shape index (κ3) is 2.02. The van der Waals surface area contributed by atoms with E-state index in [9.17, 15) is 9.18 Å². The minimum Gasteiger partial charge on any atom is -0.324 e. The molecule has 0 radical (unpaired) electrons. The van der Waals surface area contributed by atoms with Crippen molar-refractivity contribution < 1.29 is 9.18 Å². The van der Waals surface area contributed by atoms with Gasteiger partial charge in [0.2, 0.25) is 11.9 Å². The Morgan fingerprint density at radius 2 is 1.75 bits per heavy atom. The van der Waals surface area contributed by atoms with Gasteiger partial charge in [0, 0.05) is 5.92 Å². The number of halogens is 1. The van der Waals surface area contributed by atoms with Gasteiger partial charge >= 0.3 is 0 Å². The normalized spacial score (nSPS) is 38.0. The molecule has 1 aromatic rings. The Morgan fingerprint density at radius 3 is 2.30 bits per heavy atom. The van der Waals surface area contributed by atoms with Crippen LogP contribution in [0, 0.1) is 35.5 Å². The maximum Gasteiger partial charge on any atom is 0.228 e. The van der Waals surface area contributed by atoms with Crippen LogP contribution in [0.3, 0.4) is 0 Å². The number of carbonyl (C=O) groups is 1. The zero-order chi connectivity index (χ0) is 13.7. The van der Waals surface area contributed by atoms with E-state index in [-0.39, 0.29) is 11.8 Å². The number of rotatable bonds is 2. The second kappa shape index (κ2) is 4.54. The van der Waals surface area contributed by atoms with E-state index in [2.05, 4.69) is 10.3 Å². The summed E-state index contributed by atoms with van der Waals surface area (Å²) < 4.78 is 12.8. The molecular weight excluding hydrogens is 255 g/mol. The molecule has 0 saturated heterocycles. The molecule has 4 heteroatoms. The first-order valence-electron chi connectivity index (χ1n) is 7.61. The van der Waals surface area contributed by atoms with Crippen LogP contribution in [0.25, 0.3) is 0 Å². The maximum absolute atomic E-state index is 12.8. The topological polar surface area (TPSA) is 42.0 Å². The molecule has 1 aromatic heterocycles. The van der Waals surface area contributed by atoms with Crippen LogP contribution in [0.1, 0.15) is 32.1 Å². The molecule has 0 unspecified atom stereocenters. The largest absolute Gasteiger partial charge is 0.324 e. The molecule has 20 heavy (non-hydrogen) atoms. The summed E-state index contributed by atoms with van der Waals surface area (Å²) in [5, 5.41) is 2.93. The number of nitrogens with zero attached hydrogens (tertiary/aromatic N) is 1. The van der Waals surface area contributed by atoms with Crippen molar-refractivity contribution in [1.82, 2.24) is 4.98 Å². The number of anilines is 1. The molecule has 4 aliphatic rings. The zero-order valence-electron chi connectivity index (χ0n) is 11.4. The smallest absolute Gasteiger partial charge is 0.228 e. The Bertz CT molecular complexity index is 500. The maximum atomic E-state index is 12.8. The van der Waals surface area contributed by atoms with Crippen molar-refractivity contribution >= 4 is 11.6 Å². The first kappa shape index (κ1) is 12.3. The Labute approximate surface area is 118 Å². The quantitative estimate of drug-likeness (QED) is 0.841. The lowest BCUT2D eigenvalue weighted by Gasteiger charge is -2.53. The van der Waals surface area contributed by atoms with E-state index in [1.165, 1.54) is 44.4 Å². The summed E-state index contributed by atoms with van der Waals surface area (Å²) >= 11 is 0. The number of hydrogen-bond acceptors (Lipinski definition) is 2. The summed E-state index contributed by atoms with van der Waals surface area (Å²) in [5.74, 6) is 2.64. The van der Waals surface area contributed by atoms with Crippen LogP contribution in [0.2, 0.25) is 0 Å². The number of carbonyl (C=O) groups excluding carboxylic acids is 1. The van der Waals surface area contributed by atoms with Gasteiger partial charge in [0.05, 0.1) is 11.9 Å². The van der Waals surface area contributed by atoms with Crippen LogP contribution in [0.5, 0.6) is 0 Å². The molecule has 0 atom stereocenters. The minimum atomic E-state index is -0.516. The monoisotopic (exact) mass is 274 g/mol. The summed E-state index contributed by atoms with van der Waals surface area (Å²) in [6.45, 7) is 0. The predicted octanol–water partition coefficient (Wildman–Crippen LogP) is 3.23. The van der Waals surface area contributed by atoms with Gasteiger partial charge < -0.3 is 5.32 Å². The number of amides is 1. The molecule has 4 bridgehead atoms. The molecule has 0 aliphatic heterocycles. The lowest BCUT2D eigenvalue weighted by molar-refractivity contribution is -0.132. The Kier molecular flexibility index (Phi) is 2.79.